The fraction of sp³-hybridized carbons (Fsp3) is 0.400. The van der Waals surface area contributed by atoms with Crippen molar-refractivity contribution < 1.29 is 27.5 Å². The first kappa shape index (κ1) is 17.5. The van der Waals surface area contributed by atoms with Gasteiger partial charge in [0.15, 0.2) is 5.69 Å². The van der Waals surface area contributed by atoms with Crippen molar-refractivity contribution in [3.05, 3.63) is 33.8 Å². The lowest BCUT2D eigenvalue weighted by molar-refractivity contribution is -0.141. The van der Waals surface area contributed by atoms with Crippen LogP contribution in [0.5, 0.6) is 0 Å². The molecule has 0 aromatic carbocycles. The minimum Gasteiger partial charge on any atom is -0.465 e. The highest BCUT2D eigenvalue weighted by Crippen LogP contribution is 2.42. The van der Waals surface area contributed by atoms with Crippen LogP contribution in [0.25, 0.3) is 0 Å². The number of rotatable bonds is 5. The third kappa shape index (κ3) is 3.84. The molecule has 6 nitrogen and oxygen atoms in total. The second kappa shape index (κ2) is 6.51. The van der Waals surface area contributed by atoms with E-state index in [4.69, 9.17) is 0 Å². The molecule has 1 aliphatic rings. The molecule has 0 spiro atoms. The van der Waals surface area contributed by atoms with Crippen molar-refractivity contribution in [2.75, 3.05) is 12.4 Å². The molecule has 0 aliphatic heterocycles. The summed E-state index contributed by atoms with van der Waals surface area (Å²) in [5.74, 6) is -1.16. The van der Waals surface area contributed by atoms with E-state index in [-0.39, 0.29) is 23.0 Å². The zero-order chi connectivity index (χ0) is 18.2. The number of hydrogen-bond acceptors (Lipinski definition) is 5. The Labute approximate surface area is 144 Å². The summed E-state index contributed by atoms with van der Waals surface area (Å²) in [5, 5.41) is 7.65. The third-order valence-corrected chi connectivity index (χ3v) is 4.60. The van der Waals surface area contributed by atoms with Gasteiger partial charge in [-0.3, -0.25) is 9.48 Å². The van der Waals surface area contributed by atoms with Crippen molar-refractivity contribution in [3.63, 3.8) is 0 Å². The van der Waals surface area contributed by atoms with Gasteiger partial charge in [0.2, 0.25) is 5.91 Å². The lowest BCUT2D eigenvalue weighted by atomic mass is 10.2. The maximum absolute atomic E-state index is 12.9. The molecule has 1 saturated carbocycles. The van der Waals surface area contributed by atoms with Crippen LogP contribution in [0.3, 0.4) is 0 Å². The minimum absolute atomic E-state index is 0.00294. The molecule has 0 saturated heterocycles. The van der Waals surface area contributed by atoms with E-state index in [0.29, 0.717) is 5.69 Å². The van der Waals surface area contributed by atoms with E-state index in [9.17, 15) is 22.8 Å². The summed E-state index contributed by atoms with van der Waals surface area (Å²) in [5.41, 5.74) is -0.341. The number of nitrogens with one attached hydrogen (secondary N) is 1. The van der Waals surface area contributed by atoms with E-state index in [1.807, 2.05) is 0 Å². The van der Waals surface area contributed by atoms with Crippen LogP contribution in [-0.2, 0) is 22.3 Å². The van der Waals surface area contributed by atoms with Crippen molar-refractivity contribution in [1.82, 2.24) is 9.78 Å². The Morgan fingerprint density at radius 1 is 1.44 bits per heavy atom. The fourth-order valence-electron chi connectivity index (χ4n) is 2.39. The molecular formula is C15H14F3N3O3S. The molecule has 0 bridgehead atoms. The second-order valence-electron chi connectivity index (χ2n) is 5.59. The van der Waals surface area contributed by atoms with Gasteiger partial charge < -0.3 is 10.1 Å². The van der Waals surface area contributed by atoms with E-state index in [0.717, 1.165) is 34.9 Å². The summed E-state index contributed by atoms with van der Waals surface area (Å²) in [6, 6.07) is 2.52. The standard InChI is InChI=1S/C15H14F3N3O3S/c1-24-14(23)13-9(4-5-25-13)19-12(22)7-21-10(8-2-3-8)6-11(20-21)15(16,17)18/h4-6,8H,2-3,7H2,1H3,(H,19,22). The average molecular weight is 373 g/mol. The molecule has 1 aliphatic carbocycles. The third-order valence-electron chi connectivity index (χ3n) is 3.70. The number of nitrogens with zero attached hydrogens (tertiary/aromatic N) is 2. The van der Waals surface area contributed by atoms with Crippen molar-refractivity contribution in [1.29, 1.82) is 0 Å². The van der Waals surface area contributed by atoms with Crippen molar-refractivity contribution >= 4 is 28.9 Å². The van der Waals surface area contributed by atoms with Gasteiger partial charge in [-0.2, -0.15) is 18.3 Å². The number of aromatic nitrogens is 2. The maximum Gasteiger partial charge on any atom is 0.435 e. The predicted molar refractivity (Wildman–Crippen MR) is 83.5 cm³/mol. The lowest BCUT2D eigenvalue weighted by Gasteiger charge is -2.08. The number of thiophene rings is 1. The van der Waals surface area contributed by atoms with E-state index >= 15 is 0 Å². The van der Waals surface area contributed by atoms with E-state index in [1.54, 1.807) is 5.38 Å². The molecule has 1 amide bonds. The first-order chi connectivity index (χ1) is 11.8. The Balaban J connectivity index is 1.76. The molecular weight excluding hydrogens is 359 g/mol. The number of carbonyl (C=O) groups excluding carboxylic acids is 2. The van der Waals surface area contributed by atoms with E-state index < -0.39 is 23.7 Å². The largest absolute Gasteiger partial charge is 0.465 e. The molecule has 0 atom stereocenters. The van der Waals surface area contributed by atoms with E-state index in [2.05, 4.69) is 15.2 Å². The number of hydrogen-bond donors (Lipinski definition) is 1. The van der Waals surface area contributed by atoms with Gasteiger partial charge in [0, 0.05) is 11.6 Å². The summed E-state index contributed by atoms with van der Waals surface area (Å²) >= 11 is 1.10. The normalized spacial score (nSPS) is 14.4. The SMILES string of the molecule is COC(=O)c1sccc1NC(=O)Cn1nc(C(F)(F)F)cc1C1CC1. The number of alkyl halides is 3. The predicted octanol–water partition coefficient (Wildman–Crippen LogP) is 3.27. The van der Waals surface area contributed by atoms with Crippen LogP contribution in [0.15, 0.2) is 17.5 Å². The van der Waals surface area contributed by atoms with Crippen molar-refractivity contribution in [3.8, 4) is 0 Å². The van der Waals surface area contributed by atoms with Gasteiger partial charge in [-0.1, -0.05) is 0 Å². The summed E-state index contributed by atoms with van der Waals surface area (Å²) in [7, 11) is 1.22. The highest BCUT2D eigenvalue weighted by molar-refractivity contribution is 7.12. The topological polar surface area (TPSA) is 73.2 Å². The minimum atomic E-state index is -4.56. The Bertz CT molecular complexity index is 809. The van der Waals surface area contributed by atoms with Gasteiger partial charge >= 0.3 is 12.1 Å². The number of halogens is 3. The highest BCUT2D eigenvalue weighted by atomic mass is 32.1. The summed E-state index contributed by atoms with van der Waals surface area (Å²) in [4.78, 5) is 24.0. The molecule has 25 heavy (non-hydrogen) atoms. The molecule has 2 aromatic rings. The zero-order valence-electron chi connectivity index (χ0n) is 13.1. The van der Waals surface area contributed by atoms with Crippen LogP contribution in [0.1, 0.15) is 39.8 Å². The van der Waals surface area contributed by atoms with Crippen LogP contribution >= 0.6 is 11.3 Å². The molecule has 0 unspecified atom stereocenters. The summed E-state index contributed by atoms with van der Waals surface area (Å²) in [6.45, 7) is -0.363. The molecule has 0 radical (unpaired) electrons. The fourth-order valence-corrected chi connectivity index (χ4v) is 3.15. The Kier molecular flexibility index (Phi) is 4.55. The van der Waals surface area contributed by atoms with Crippen molar-refractivity contribution in [2.45, 2.75) is 31.5 Å². The number of ether oxygens (including phenoxy) is 1. The monoisotopic (exact) mass is 373 g/mol. The number of amides is 1. The molecule has 134 valence electrons. The smallest absolute Gasteiger partial charge is 0.435 e. The van der Waals surface area contributed by atoms with Crippen LogP contribution in [0.2, 0.25) is 0 Å². The van der Waals surface area contributed by atoms with Crippen LogP contribution < -0.4 is 5.32 Å². The Hall–Kier alpha value is -2.36. The van der Waals surface area contributed by atoms with Crippen LogP contribution in [0.4, 0.5) is 18.9 Å². The van der Waals surface area contributed by atoms with E-state index in [1.165, 1.54) is 13.2 Å². The summed E-state index contributed by atoms with van der Waals surface area (Å²) in [6.07, 6.45) is -3.00. The van der Waals surface area contributed by atoms with Gasteiger partial charge in [-0.25, -0.2) is 4.79 Å². The maximum atomic E-state index is 12.9. The van der Waals surface area contributed by atoms with Gasteiger partial charge in [0.1, 0.15) is 11.4 Å². The first-order valence-corrected chi connectivity index (χ1v) is 8.28. The zero-order valence-corrected chi connectivity index (χ0v) is 13.9. The quantitative estimate of drug-likeness (QED) is 0.817. The Morgan fingerprint density at radius 2 is 2.16 bits per heavy atom. The van der Waals surface area contributed by atoms with Crippen LogP contribution in [-0.4, -0.2) is 28.8 Å². The lowest BCUT2D eigenvalue weighted by Crippen LogP contribution is -2.22. The average Bonchev–Trinajstić information content (AvgIpc) is 3.12. The van der Waals surface area contributed by atoms with Gasteiger partial charge in [-0.05, 0) is 30.4 Å². The van der Waals surface area contributed by atoms with Gasteiger partial charge in [0.25, 0.3) is 0 Å². The number of anilines is 1. The summed E-state index contributed by atoms with van der Waals surface area (Å²) < 4.78 is 44.3. The van der Waals surface area contributed by atoms with Crippen molar-refractivity contribution in [2.24, 2.45) is 0 Å². The van der Waals surface area contributed by atoms with Gasteiger partial charge in [0.05, 0.1) is 12.8 Å². The Morgan fingerprint density at radius 3 is 2.76 bits per heavy atom. The number of methoxy groups -OCH3 is 1. The first-order valence-electron chi connectivity index (χ1n) is 7.40. The van der Waals surface area contributed by atoms with Crippen LogP contribution in [0, 0.1) is 0 Å². The molecule has 2 aromatic heterocycles. The highest BCUT2D eigenvalue weighted by Gasteiger charge is 2.38. The molecule has 1 N–H and O–H groups in total. The number of esters is 1. The molecule has 10 heteroatoms. The molecule has 2 heterocycles. The van der Waals surface area contributed by atoms with Gasteiger partial charge in [-0.15, -0.1) is 11.3 Å². The molecule has 3 rings (SSSR count). The number of carbonyl (C=O) groups is 2. The molecule has 1 fully saturated rings. The second-order valence-corrected chi connectivity index (χ2v) is 6.50.